The summed E-state index contributed by atoms with van der Waals surface area (Å²) in [4.78, 5) is 98.7. The maximum Gasteiger partial charge on any atom is 0.312 e. The second kappa shape index (κ2) is 28.1. The second-order valence-corrected chi connectivity index (χ2v) is 21.5. The van der Waals surface area contributed by atoms with Gasteiger partial charge in [0.15, 0.2) is 45.9 Å². The lowest BCUT2D eigenvalue weighted by molar-refractivity contribution is -0.146. The average Bonchev–Trinajstić information content (AvgIpc) is 2.19. The van der Waals surface area contributed by atoms with Gasteiger partial charge in [-0.05, 0) is 88.5 Å². The first-order valence-corrected chi connectivity index (χ1v) is 28.0. The van der Waals surface area contributed by atoms with E-state index in [0.29, 0.717) is 83.6 Å². The zero-order valence-electron chi connectivity index (χ0n) is 47.8. The predicted molar refractivity (Wildman–Crippen MR) is 304 cm³/mol. The number of hydrogen-bond acceptors (Lipinski definition) is 24. The number of halogens is 4. The molecule has 8 heterocycles. The molecule has 2 amide bonds. The molecule has 13 rings (SSSR count). The standard InChI is InChI=1S/C18H19FN6O2.C12H14FN5O2.C11H13FN6O2.C8H14O2.C5H4FN5/c19-18-22-15(20)14-16(23-18)25(10-21-14)13-7-6-12(8-13)17(26)24-27-9-11-4-2-1-3-5-11;1-20-11(19)6-2-3-7(4-6)18-5-15-8-9(14)16-12(13)17-10(8)18;12-11-15-8(13)7-9(16-11)18(4-14-7)6-2-1-5(3-6)10(19)17-20;1-6-3-4-7(5-6)8(9)10-2;6-5-10-3(7)2-4(11-5)9-1-8-2/h1-5,10,12-13H,6-9H2,(H,24,26)(H2,20,22,23);5-7H,2-4H2,1H3,(H2,14,16,17);4-6,20H,1-3H2,(H,17,19)(H2,13,15,16);6-7H,3-5H2,1-2H3;1H,(H3,7,8,9,10,11)/t12-,13-;6-,7-;5-,6-;6-,7+;/m1110./s1. The molecule has 9 aromatic rings. The summed E-state index contributed by atoms with van der Waals surface area (Å²) in [5, 5.41) is 8.65. The number of nitrogens with one attached hydrogen (secondary N) is 3. The van der Waals surface area contributed by atoms with Crippen LogP contribution in [-0.4, -0.2) is 122 Å². The van der Waals surface area contributed by atoms with Gasteiger partial charge in [0, 0.05) is 30.0 Å². The fourth-order valence-electron chi connectivity index (χ4n) is 11.4. The van der Waals surface area contributed by atoms with Crippen molar-refractivity contribution in [1.82, 2.24) is 89.5 Å². The number of imidazole rings is 4. The number of aromatic nitrogens is 16. The number of carbonyl (C=O) groups is 4. The highest BCUT2D eigenvalue weighted by atomic mass is 19.1. The van der Waals surface area contributed by atoms with Crippen LogP contribution in [0.1, 0.15) is 108 Å². The summed E-state index contributed by atoms with van der Waals surface area (Å²) < 4.78 is 67.1. The number of hydroxylamine groups is 2. The van der Waals surface area contributed by atoms with Gasteiger partial charge in [-0.3, -0.25) is 29.2 Å². The first-order valence-electron chi connectivity index (χ1n) is 28.0. The summed E-state index contributed by atoms with van der Waals surface area (Å²) in [6, 6.07) is 9.60. The van der Waals surface area contributed by atoms with Crippen molar-refractivity contribution in [1.29, 1.82) is 0 Å². The van der Waals surface area contributed by atoms with Gasteiger partial charge in [0.1, 0.15) is 22.1 Å². The molecule has 34 heteroatoms. The Morgan fingerprint density at radius 1 is 0.557 bits per heavy atom. The Labute approximate surface area is 497 Å². The number of nitrogen functional groups attached to an aromatic ring is 4. The molecular weight excluding hydrogens is 1160 g/mol. The van der Waals surface area contributed by atoms with Gasteiger partial charge in [-0.1, -0.05) is 37.3 Å². The van der Waals surface area contributed by atoms with Crippen molar-refractivity contribution in [2.75, 3.05) is 37.2 Å². The lowest BCUT2D eigenvalue weighted by atomic mass is 10.1. The van der Waals surface area contributed by atoms with Crippen molar-refractivity contribution >= 4 is 91.7 Å². The minimum absolute atomic E-state index is 0.00565. The van der Waals surface area contributed by atoms with Gasteiger partial charge in [0.05, 0.1) is 58.0 Å². The van der Waals surface area contributed by atoms with E-state index in [1.54, 1.807) is 31.8 Å². The highest BCUT2D eigenvalue weighted by molar-refractivity contribution is 5.84. The van der Waals surface area contributed by atoms with E-state index in [0.717, 1.165) is 44.1 Å². The van der Waals surface area contributed by atoms with Gasteiger partial charge in [0.25, 0.3) is 0 Å². The smallest absolute Gasteiger partial charge is 0.312 e. The molecule has 88 heavy (non-hydrogen) atoms. The number of benzene rings is 1. The van der Waals surface area contributed by atoms with Crippen molar-refractivity contribution in [2.24, 2.45) is 29.6 Å². The number of rotatable bonds is 10. The number of hydrogen-bond donors (Lipinski definition) is 8. The molecule has 30 nitrogen and oxygen atoms in total. The van der Waals surface area contributed by atoms with Crippen LogP contribution < -0.4 is 33.9 Å². The predicted octanol–water partition coefficient (Wildman–Crippen LogP) is 5.26. The summed E-state index contributed by atoms with van der Waals surface area (Å²) in [6.07, 6.45) is 11.8. The van der Waals surface area contributed by atoms with Gasteiger partial charge in [0.2, 0.25) is 11.8 Å². The minimum atomic E-state index is -0.903. The first kappa shape index (κ1) is 62.7. The van der Waals surface area contributed by atoms with Crippen molar-refractivity contribution in [3.8, 4) is 0 Å². The summed E-state index contributed by atoms with van der Waals surface area (Å²) in [5.74, 6) is -0.378. The Balaban J connectivity index is 0.000000137. The van der Waals surface area contributed by atoms with E-state index in [-0.39, 0.29) is 88.6 Å². The highest BCUT2D eigenvalue weighted by Gasteiger charge is 2.35. The number of esters is 2. The molecule has 0 saturated heterocycles. The molecule has 8 aromatic heterocycles. The van der Waals surface area contributed by atoms with Crippen LogP contribution >= 0.6 is 0 Å². The van der Waals surface area contributed by atoms with Crippen LogP contribution in [0.4, 0.5) is 40.8 Å². The monoisotopic (exact) mass is 1220 g/mol. The molecule has 8 atom stereocenters. The van der Waals surface area contributed by atoms with Gasteiger partial charge in [-0.25, -0.2) is 30.9 Å². The lowest BCUT2D eigenvalue weighted by Crippen LogP contribution is -2.29. The third kappa shape index (κ3) is 14.7. The van der Waals surface area contributed by atoms with E-state index in [2.05, 4.69) is 81.9 Å². The first-order chi connectivity index (χ1) is 42.3. The Kier molecular flexibility index (Phi) is 20.0. The number of ether oxygens (including phenoxy) is 2. The van der Waals surface area contributed by atoms with Crippen LogP contribution in [0.15, 0.2) is 55.6 Å². The van der Waals surface area contributed by atoms with Crippen molar-refractivity contribution in [3.63, 3.8) is 0 Å². The van der Waals surface area contributed by atoms with E-state index in [1.807, 2.05) is 30.3 Å². The minimum Gasteiger partial charge on any atom is -0.469 e. The Morgan fingerprint density at radius 3 is 1.43 bits per heavy atom. The number of fused-ring (bicyclic) bond motifs is 4. The van der Waals surface area contributed by atoms with Crippen LogP contribution in [0, 0.1) is 53.9 Å². The number of aromatic amines is 1. The van der Waals surface area contributed by atoms with Crippen LogP contribution in [0.25, 0.3) is 44.7 Å². The number of nitrogens with zero attached hydrogens (tertiary/aromatic N) is 15. The molecule has 4 aliphatic carbocycles. The van der Waals surface area contributed by atoms with Gasteiger partial charge < -0.3 is 51.1 Å². The Bertz CT molecular complexity index is 3810. The van der Waals surface area contributed by atoms with E-state index in [4.69, 9.17) is 37.7 Å². The lowest BCUT2D eigenvalue weighted by Gasteiger charge is -2.13. The fraction of sp³-hybridized carbons (Fsp3) is 0.444. The summed E-state index contributed by atoms with van der Waals surface area (Å²) in [5.41, 5.74) is 30.3. The topological polar surface area (TPSA) is 430 Å². The van der Waals surface area contributed by atoms with Gasteiger partial charge in [-0.15, -0.1) is 0 Å². The number of amides is 2. The summed E-state index contributed by atoms with van der Waals surface area (Å²) >= 11 is 0. The number of carbonyl (C=O) groups excluding carboxylic acids is 4. The van der Waals surface area contributed by atoms with Gasteiger partial charge in [-0.2, -0.15) is 57.4 Å². The molecule has 4 fully saturated rings. The summed E-state index contributed by atoms with van der Waals surface area (Å²) in [7, 11) is 2.84. The Morgan fingerprint density at radius 2 is 0.977 bits per heavy atom. The third-order valence-corrected chi connectivity index (χ3v) is 15.8. The van der Waals surface area contributed by atoms with Crippen molar-refractivity contribution < 1.29 is 56.3 Å². The third-order valence-electron chi connectivity index (χ3n) is 15.8. The average molecular weight is 1230 g/mol. The van der Waals surface area contributed by atoms with E-state index < -0.39 is 30.2 Å². The number of H-pyrrole nitrogens is 1. The van der Waals surface area contributed by atoms with E-state index in [1.165, 1.54) is 33.3 Å². The molecule has 0 aliphatic heterocycles. The number of anilines is 4. The maximum atomic E-state index is 13.5. The normalized spacial score (nSPS) is 21.1. The Hall–Kier alpha value is -9.86. The quantitative estimate of drug-likeness (QED) is 0.0284. The van der Waals surface area contributed by atoms with Crippen molar-refractivity contribution in [2.45, 2.75) is 109 Å². The van der Waals surface area contributed by atoms with Crippen LogP contribution in [0.3, 0.4) is 0 Å². The molecule has 0 radical (unpaired) electrons. The zero-order valence-corrected chi connectivity index (χ0v) is 47.8. The van der Waals surface area contributed by atoms with Crippen LogP contribution in [0.2, 0.25) is 0 Å². The SMILES string of the molecule is COC(=O)[C@@H]1CC[C@@H](n2cnc3c(N)nc(F)nc32)C1.COC(=O)[C@@H]1CC[C@H](C)C1.Nc1nc(F)nc2c1ncn2[C@@H]1CC[C@@H](C(=O)NO)C1.Nc1nc(F)nc2c1ncn2[C@@H]1CC[C@@H](C(=O)NOCc2ccccc2)C1.Nc1nc(F)nc2nc[nH]c12. The second-order valence-electron chi connectivity index (χ2n) is 21.5. The van der Waals surface area contributed by atoms with Crippen molar-refractivity contribution in [3.05, 3.63) is 85.5 Å². The largest absolute Gasteiger partial charge is 0.469 e. The molecule has 0 bridgehead atoms. The molecule has 0 spiro atoms. The van der Waals surface area contributed by atoms with Gasteiger partial charge >= 0.3 is 36.3 Å². The molecule has 1 aromatic carbocycles. The highest BCUT2D eigenvalue weighted by Crippen LogP contribution is 2.39. The number of methoxy groups -OCH3 is 2. The molecule has 0 unspecified atom stereocenters. The van der Waals surface area contributed by atoms with E-state index >= 15 is 0 Å². The van der Waals surface area contributed by atoms with Crippen LogP contribution in [-0.2, 0) is 40.1 Å². The molecular formula is C54H64F4N22O8. The van der Waals surface area contributed by atoms with E-state index in [9.17, 15) is 36.7 Å². The summed E-state index contributed by atoms with van der Waals surface area (Å²) in [6.45, 7) is 2.49. The number of nitrogens with two attached hydrogens (primary N) is 4. The zero-order chi connectivity index (χ0) is 62.8. The maximum absolute atomic E-state index is 13.5. The molecule has 12 N–H and O–H groups in total. The molecule has 4 saturated carbocycles. The van der Waals surface area contributed by atoms with Crippen LogP contribution in [0.5, 0.6) is 0 Å². The molecule has 466 valence electrons. The molecule has 4 aliphatic rings. The fourth-order valence-corrected chi connectivity index (χ4v) is 11.4.